The van der Waals surface area contributed by atoms with Gasteiger partial charge in [0, 0.05) is 16.6 Å². The zero-order valence-corrected chi connectivity index (χ0v) is 10.6. The van der Waals surface area contributed by atoms with Crippen LogP contribution in [0.5, 0.6) is 0 Å². The quantitative estimate of drug-likeness (QED) is 0.933. The summed E-state index contributed by atoms with van der Waals surface area (Å²) >= 11 is 3.47. The van der Waals surface area contributed by atoms with Gasteiger partial charge in [-0.25, -0.2) is 4.68 Å². The molecule has 6 heteroatoms. The van der Waals surface area contributed by atoms with Crippen molar-refractivity contribution in [2.24, 2.45) is 5.73 Å². The van der Waals surface area contributed by atoms with Crippen molar-refractivity contribution in [3.8, 4) is 17.3 Å². The Labute approximate surface area is 107 Å². The smallest absolute Gasteiger partial charge is 0.130 e. The number of hydrogen-bond donors (Lipinski definition) is 1. The molecule has 2 N–H and O–H groups in total. The maximum atomic E-state index is 8.76. The average Bonchev–Trinajstić information content (AvgIpc) is 2.73. The molecule has 0 atom stereocenters. The summed E-state index contributed by atoms with van der Waals surface area (Å²) in [5.74, 6) is 0. The van der Waals surface area contributed by atoms with E-state index in [4.69, 9.17) is 11.0 Å². The second-order valence-corrected chi connectivity index (χ2v) is 4.24. The summed E-state index contributed by atoms with van der Waals surface area (Å²) in [6.45, 7) is 0.450. The standard InChI is InChI=1S/C11H10BrN5/c12-9-4-2-1-3-8(9)11-10(7-14)15-16-17(11)6-5-13/h1-4H,6-7,14H2. The van der Waals surface area contributed by atoms with Crippen LogP contribution in [-0.4, -0.2) is 15.0 Å². The van der Waals surface area contributed by atoms with Crippen molar-refractivity contribution < 1.29 is 0 Å². The van der Waals surface area contributed by atoms with Gasteiger partial charge in [-0.2, -0.15) is 5.26 Å². The molecule has 1 aromatic heterocycles. The second kappa shape index (κ2) is 5.08. The summed E-state index contributed by atoms with van der Waals surface area (Å²) < 4.78 is 2.48. The summed E-state index contributed by atoms with van der Waals surface area (Å²) in [7, 11) is 0. The van der Waals surface area contributed by atoms with Gasteiger partial charge in [-0.3, -0.25) is 0 Å². The van der Waals surface area contributed by atoms with E-state index in [-0.39, 0.29) is 6.54 Å². The van der Waals surface area contributed by atoms with E-state index in [9.17, 15) is 0 Å². The van der Waals surface area contributed by atoms with E-state index in [1.54, 1.807) is 4.68 Å². The van der Waals surface area contributed by atoms with Gasteiger partial charge in [-0.15, -0.1) is 5.10 Å². The predicted molar refractivity (Wildman–Crippen MR) is 66.7 cm³/mol. The summed E-state index contributed by atoms with van der Waals surface area (Å²) in [5.41, 5.74) is 8.05. The van der Waals surface area contributed by atoms with Crippen molar-refractivity contribution in [3.63, 3.8) is 0 Å². The molecule has 17 heavy (non-hydrogen) atoms. The minimum atomic E-state index is 0.156. The Morgan fingerprint density at radius 2 is 2.18 bits per heavy atom. The molecule has 0 aliphatic heterocycles. The van der Waals surface area contributed by atoms with Gasteiger partial charge < -0.3 is 5.73 Å². The highest BCUT2D eigenvalue weighted by molar-refractivity contribution is 9.10. The molecule has 0 aliphatic carbocycles. The van der Waals surface area contributed by atoms with E-state index >= 15 is 0 Å². The van der Waals surface area contributed by atoms with Gasteiger partial charge in [0.1, 0.15) is 12.2 Å². The van der Waals surface area contributed by atoms with Gasteiger partial charge in [0.2, 0.25) is 0 Å². The molecule has 1 aromatic carbocycles. The Morgan fingerprint density at radius 3 is 2.82 bits per heavy atom. The maximum Gasteiger partial charge on any atom is 0.130 e. The molecule has 0 bridgehead atoms. The lowest BCUT2D eigenvalue weighted by atomic mass is 10.1. The Morgan fingerprint density at radius 1 is 1.41 bits per heavy atom. The predicted octanol–water partition coefficient (Wildman–Crippen LogP) is 1.69. The highest BCUT2D eigenvalue weighted by Crippen LogP contribution is 2.29. The molecule has 0 radical (unpaired) electrons. The number of nitriles is 1. The lowest BCUT2D eigenvalue weighted by Crippen LogP contribution is -2.03. The van der Waals surface area contributed by atoms with Crippen LogP contribution in [0.2, 0.25) is 0 Å². The number of hydrogen-bond acceptors (Lipinski definition) is 4. The van der Waals surface area contributed by atoms with Gasteiger partial charge in [0.05, 0.1) is 11.8 Å². The normalized spacial score (nSPS) is 10.2. The van der Waals surface area contributed by atoms with Crippen LogP contribution in [0.15, 0.2) is 28.7 Å². The van der Waals surface area contributed by atoms with Gasteiger partial charge in [-0.1, -0.05) is 39.3 Å². The van der Waals surface area contributed by atoms with E-state index in [2.05, 4.69) is 32.3 Å². The minimum absolute atomic E-state index is 0.156. The SMILES string of the molecule is N#CCn1nnc(CN)c1-c1ccccc1Br. The lowest BCUT2D eigenvalue weighted by Gasteiger charge is -2.06. The molecule has 2 aromatic rings. The first-order chi connectivity index (χ1) is 8.27. The zero-order valence-electron chi connectivity index (χ0n) is 8.97. The molecule has 0 amide bonds. The molecule has 0 aliphatic rings. The topological polar surface area (TPSA) is 80.5 Å². The first-order valence-electron chi connectivity index (χ1n) is 5.02. The van der Waals surface area contributed by atoms with Crippen LogP contribution >= 0.6 is 15.9 Å². The van der Waals surface area contributed by atoms with Crippen LogP contribution in [0.25, 0.3) is 11.3 Å². The Hall–Kier alpha value is -1.71. The van der Waals surface area contributed by atoms with Crippen molar-refractivity contribution in [2.45, 2.75) is 13.1 Å². The monoisotopic (exact) mass is 291 g/mol. The van der Waals surface area contributed by atoms with Crippen molar-refractivity contribution >= 4 is 15.9 Å². The second-order valence-electron chi connectivity index (χ2n) is 3.38. The van der Waals surface area contributed by atoms with E-state index in [1.807, 2.05) is 24.3 Å². The first kappa shape index (κ1) is 11.8. The van der Waals surface area contributed by atoms with Crippen LogP contribution in [0.1, 0.15) is 5.69 Å². The third kappa shape index (κ3) is 2.20. The number of aromatic nitrogens is 3. The fraction of sp³-hybridized carbons (Fsp3) is 0.182. The fourth-order valence-corrected chi connectivity index (χ4v) is 2.08. The molecule has 0 unspecified atom stereocenters. The largest absolute Gasteiger partial charge is 0.325 e. The Kier molecular flexibility index (Phi) is 3.52. The van der Waals surface area contributed by atoms with Crippen molar-refractivity contribution in [1.82, 2.24) is 15.0 Å². The molecule has 5 nitrogen and oxygen atoms in total. The molecule has 0 spiro atoms. The van der Waals surface area contributed by atoms with E-state index in [1.165, 1.54) is 0 Å². The minimum Gasteiger partial charge on any atom is -0.325 e. The lowest BCUT2D eigenvalue weighted by molar-refractivity contribution is 0.673. The first-order valence-corrected chi connectivity index (χ1v) is 5.81. The molecule has 86 valence electrons. The molecule has 1 heterocycles. The van der Waals surface area contributed by atoms with Gasteiger partial charge in [-0.05, 0) is 6.07 Å². The molecule has 0 saturated carbocycles. The van der Waals surface area contributed by atoms with Gasteiger partial charge >= 0.3 is 0 Å². The van der Waals surface area contributed by atoms with Crippen molar-refractivity contribution in [1.29, 1.82) is 5.26 Å². The number of halogens is 1. The van der Waals surface area contributed by atoms with Crippen molar-refractivity contribution in [2.75, 3.05) is 0 Å². The number of rotatable bonds is 3. The molecule has 0 saturated heterocycles. The molecule has 2 rings (SSSR count). The van der Waals surface area contributed by atoms with Crippen LogP contribution in [0.3, 0.4) is 0 Å². The third-order valence-electron chi connectivity index (χ3n) is 2.35. The number of nitrogens with two attached hydrogens (primary N) is 1. The summed E-state index contributed by atoms with van der Waals surface area (Å²) in [4.78, 5) is 0. The maximum absolute atomic E-state index is 8.76. The van der Waals surface area contributed by atoms with Crippen LogP contribution in [0, 0.1) is 11.3 Å². The molecular weight excluding hydrogens is 282 g/mol. The van der Waals surface area contributed by atoms with Crippen molar-refractivity contribution in [3.05, 3.63) is 34.4 Å². The van der Waals surface area contributed by atoms with Gasteiger partial charge in [0.15, 0.2) is 0 Å². The third-order valence-corrected chi connectivity index (χ3v) is 3.04. The molecular formula is C11H10BrN5. The molecule has 0 fully saturated rings. The fourth-order valence-electron chi connectivity index (χ4n) is 1.61. The Balaban J connectivity index is 2.61. The number of nitrogens with zero attached hydrogens (tertiary/aromatic N) is 4. The highest BCUT2D eigenvalue weighted by Gasteiger charge is 2.15. The Bertz CT molecular complexity index is 569. The van der Waals surface area contributed by atoms with Gasteiger partial charge in [0.25, 0.3) is 0 Å². The van der Waals surface area contributed by atoms with E-state index in [0.29, 0.717) is 12.2 Å². The zero-order chi connectivity index (χ0) is 12.3. The van der Waals surface area contributed by atoms with Crippen LogP contribution < -0.4 is 5.73 Å². The highest BCUT2D eigenvalue weighted by atomic mass is 79.9. The van der Waals surface area contributed by atoms with E-state index < -0.39 is 0 Å². The number of benzene rings is 1. The van der Waals surface area contributed by atoms with E-state index in [0.717, 1.165) is 15.7 Å². The summed E-state index contributed by atoms with van der Waals surface area (Å²) in [6.07, 6.45) is 0. The van der Waals surface area contributed by atoms with Crippen LogP contribution in [-0.2, 0) is 13.1 Å². The van der Waals surface area contributed by atoms with Crippen LogP contribution in [0.4, 0.5) is 0 Å². The summed E-state index contributed by atoms with van der Waals surface area (Å²) in [6, 6.07) is 9.77. The average molecular weight is 292 g/mol. The summed E-state index contributed by atoms with van der Waals surface area (Å²) in [5, 5.41) is 16.7.